The minimum atomic E-state index is -1.01. The van der Waals surface area contributed by atoms with E-state index in [1.54, 1.807) is 19.1 Å². The first kappa shape index (κ1) is 14.5. The van der Waals surface area contributed by atoms with Gasteiger partial charge in [0.1, 0.15) is 11.4 Å². The van der Waals surface area contributed by atoms with Gasteiger partial charge >= 0.3 is 0 Å². The van der Waals surface area contributed by atoms with Crippen molar-refractivity contribution in [3.63, 3.8) is 0 Å². The van der Waals surface area contributed by atoms with Crippen LogP contribution in [0.3, 0.4) is 0 Å². The number of amides is 1. The Bertz CT molecular complexity index is 494. The second kappa shape index (κ2) is 5.64. The number of nitrogens with one attached hydrogen (secondary N) is 1. The largest absolute Gasteiger partial charge is 0.507 e. The molecule has 104 valence electrons. The number of hydrogen-bond acceptors (Lipinski definition) is 4. The Kier molecular flexibility index (Phi) is 4.32. The second-order valence-corrected chi connectivity index (χ2v) is 5.88. The van der Waals surface area contributed by atoms with Gasteiger partial charge in [-0.2, -0.15) is 0 Å². The average molecular weight is 377 g/mol. The molecular weight excluding hydrogens is 361 g/mol. The number of aliphatic hydroxyl groups is 1. The van der Waals surface area contributed by atoms with Crippen molar-refractivity contribution in [2.45, 2.75) is 25.0 Å². The SMILES string of the molecule is CC1OCCC1(O)CNC(=O)c1ccc(I)c(O)c1. The number of carbonyl (C=O) groups is 1. The normalized spacial score (nSPS) is 26.4. The van der Waals surface area contributed by atoms with Crippen LogP contribution in [0.1, 0.15) is 23.7 Å². The van der Waals surface area contributed by atoms with E-state index in [2.05, 4.69) is 5.32 Å². The van der Waals surface area contributed by atoms with Gasteiger partial charge in [-0.25, -0.2) is 0 Å². The summed E-state index contributed by atoms with van der Waals surface area (Å²) in [6.45, 7) is 2.42. The van der Waals surface area contributed by atoms with Crippen LogP contribution >= 0.6 is 22.6 Å². The first-order valence-electron chi connectivity index (χ1n) is 6.03. The van der Waals surface area contributed by atoms with E-state index >= 15 is 0 Å². The number of aromatic hydroxyl groups is 1. The molecule has 3 N–H and O–H groups in total. The van der Waals surface area contributed by atoms with E-state index in [9.17, 15) is 15.0 Å². The van der Waals surface area contributed by atoms with E-state index in [-0.39, 0.29) is 24.3 Å². The molecule has 1 saturated heterocycles. The third-order valence-electron chi connectivity index (χ3n) is 3.42. The van der Waals surface area contributed by atoms with Crippen molar-refractivity contribution in [3.8, 4) is 5.75 Å². The van der Waals surface area contributed by atoms with Crippen LogP contribution in [0.5, 0.6) is 5.75 Å². The molecule has 0 aromatic heterocycles. The van der Waals surface area contributed by atoms with Crippen LogP contribution in [0.4, 0.5) is 0 Å². The van der Waals surface area contributed by atoms with Crippen molar-refractivity contribution in [3.05, 3.63) is 27.3 Å². The lowest BCUT2D eigenvalue weighted by atomic mass is 9.96. The fourth-order valence-electron chi connectivity index (χ4n) is 1.99. The quantitative estimate of drug-likeness (QED) is 0.694. The molecule has 0 radical (unpaired) electrons. The van der Waals surface area contributed by atoms with Gasteiger partial charge in [-0.3, -0.25) is 4.79 Å². The van der Waals surface area contributed by atoms with Crippen molar-refractivity contribution in [2.24, 2.45) is 0 Å². The monoisotopic (exact) mass is 377 g/mol. The van der Waals surface area contributed by atoms with Crippen LogP contribution in [-0.2, 0) is 4.74 Å². The summed E-state index contributed by atoms with van der Waals surface area (Å²) in [4.78, 5) is 11.9. The van der Waals surface area contributed by atoms with Gasteiger partial charge in [-0.1, -0.05) is 0 Å². The molecule has 0 saturated carbocycles. The van der Waals surface area contributed by atoms with Crippen molar-refractivity contribution >= 4 is 28.5 Å². The van der Waals surface area contributed by atoms with E-state index in [0.717, 1.165) is 0 Å². The highest BCUT2D eigenvalue weighted by Gasteiger charge is 2.39. The van der Waals surface area contributed by atoms with Crippen molar-refractivity contribution in [1.82, 2.24) is 5.32 Å². The molecule has 2 rings (SSSR count). The number of phenols is 1. The molecule has 6 heteroatoms. The molecule has 1 aromatic carbocycles. The number of benzene rings is 1. The highest BCUT2D eigenvalue weighted by atomic mass is 127. The van der Waals surface area contributed by atoms with E-state index in [0.29, 0.717) is 22.2 Å². The number of hydrogen-bond donors (Lipinski definition) is 3. The molecule has 5 nitrogen and oxygen atoms in total. The highest BCUT2D eigenvalue weighted by Crippen LogP contribution is 2.25. The third kappa shape index (κ3) is 3.18. The van der Waals surface area contributed by atoms with Crippen LogP contribution in [0.15, 0.2) is 18.2 Å². The van der Waals surface area contributed by atoms with Crippen LogP contribution < -0.4 is 5.32 Å². The van der Waals surface area contributed by atoms with E-state index in [1.165, 1.54) is 6.07 Å². The maximum absolute atomic E-state index is 11.9. The lowest BCUT2D eigenvalue weighted by molar-refractivity contribution is -0.0251. The Labute approximate surface area is 125 Å². The summed E-state index contributed by atoms with van der Waals surface area (Å²) in [5, 5.41) is 22.5. The summed E-state index contributed by atoms with van der Waals surface area (Å²) in [6, 6.07) is 4.71. The number of rotatable bonds is 3. The summed E-state index contributed by atoms with van der Waals surface area (Å²) >= 11 is 1.98. The zero-order chi connectivity index (χ0) is 14.0. The lowest BCUT2D eigenvalue weighted by Crippen LogP contribution is -2.47. The van der Waals surface area contributed by atoms with Gasteiger partial charge in [-0.05, 0) is 47.7 Å². The first-order valence-corrected chi connectivity index (χ1v) is 7.11. The Balaban J connectivity index is 1.99. The summed E-state index contributed by atoms with van der Waals surface area (Å²) < 4.78 is 5.98. The molecule has 0 aliphatic carbocycles. The Morgan fingerprint density at radius 2 is 2.37 bits per heavy atom. The van der Waals surface area contributed by atoms with E-state index < -0.39 is 5.60 Å². The summed E-state index contributed by atoms with van der Waals surface area (Å²) in [5.41, 5.74) is -0.644. The minimum absolute atomic E-state index is 0.0736. The molecule has 1 amide bonds. The third-order valence-corrected chi connectivity index (χ3v) is 4.34. The standard InChI is InChI=1S/C13H16INO4/c1-8-13(18,4-5-19-8)7-15-12(17)9-2-3-10(14)11(16)6-9/h2-3,6,8,16,18H,4-5,7H2,1H3,(H,15,17). The average Bonchev–Trinajstić information content (AvgIpc) is 2.71. The van der Waals surface area contributed by atoms with Crippen molar-refractivity contribution < 1.29 is 19.7 Å². The van der Waals surface area contributed by atoms with Crippen LogP contribution in [-0.4, -0.2) is 41.0 Å². The minimum Gasteiger partial charge on any atom is -0.507 e. The predicted octanol–water partition coefficient (Wildman–Crippen LogP) is 1.27. The molecule has 1 aliphatic rings. The fourth-order valence-corrected chi connectivity index (χ4v) is 2.33. The Morgan fingerprint density at radius 1 is 1.63 bits per heavy atom. The maximum atomic E-state index is 11.9. The zero-order valence-electron chi connectivity index (χ0n) is 10.5. The highest BCUT2D eigenvalue weighted by molar-refractivity contribution is 14.1. The molecule has 0 bridgehead atoms. The summed E-state index contributed by atoms with van der Waals surface area (Å²) in [5.74, 6) is -0.247. The number of ether oxygens (including phenoxy) is 1. The summed E-state index contributed by atoms with van der Waals surface area (Å²) in [7, 11) is 0. The van der Waals surface area contributed by atoms with Crippen molar-refractivity contribution in [1.29, 1.82) is 0 Å². The van der Waals surface area contributed by atoms with Gasteiger partial charge < -0.3 is 20.3 Å². The molecule has 2 unspecified atom stereocenters. The van der Waals surface area contributed by atoms with E-state index in [4.69, 9.17) is 4.74 Å². The summed E-state index contributed by atoms with van der Waals surface area (Å²) in [6.07, 6.45) is 0.213. The van der Waals surface area contributed by atoms with Gasteiger partial charge in [0.2, 0.25) is 0 Å². The lowest BCUT2D eigenvalue weighted by Gasteiger charge is -2.26. The molecule has 2 atom stereocenters. The molecular formula is C13H16INO4. The molecule has 19 heavy (non-hydrogen) atoms. The molecule has 1 fully saturated rings. The number of carbonyl (C=O) groups excluding carboxylic acids is 1. The Morgan fingerprint density at radius 3 is 2.95 bits per heavy atom. The first-order chi connectivity index (χ1) is 8.92. The predicted molar refractivity (Wildman–Crippen MR) is 78.1 cm³/mol. The van der Waals surface area contributed by atoms with Gasteiger partial charge in [0, 0.05) is 25.1 Å². The Hall–Kier alpha value is -0.860. The number of phenolic OH excluding ortho intramolecular Hbond substituents is 1. The maximum Gasteiger partial charge on any atom is 0.251 e. The molecule has 1 aromatic rings. The molecule has 0 spiro atoms. The second-order valence-electron chi connectivity index (χ2n) is 4.72. The topological polar surface area (TPSA) is 78.8 Å². The fraction of sp³-hybridized carbons (Fsp3) is 0.462. The van der Waals surface area contributed by atoms with Gasteiger partial charge in [-0.15, -0.1) is 0 Å². The van der Waals surface area contributed by atoms with Gasteiger partial charge in [0.05, 0.1) is 9.67 Å². The van der Waals surface area contributed by atoms with Crippen LogP contribution in [0, 0.1) is 3.57 Å². The molecule has 1 heterocycles. The molecule has 1 aliphatic heterocycles. The van der Waals surface area contributed by atoms with Crippen LogP contribution in [0.25, 0.3) is 0 Å². The van der Waals surface area contributed by atoms with Crippen LogP contribution in [0.2, 0.25) is 0 Å². The number of halogens is 1. The van der Waals surface area contributed by atoms with Crippen molar-refractivity contribution in [2.75, 3.05) is 13.2 Å². The van der Waals surface area contributed by atoms with E-state index in [1.807, 2.05) is 22.6 Å². The van der Waals surface area contributed by atoms with Gasteiger partial charge in [0.25, 0.3) is 5.91 Å². The zero-order valence-corrected chi connectivity index (χ0v) is 12.7. The van der Waals surface area contributed by atoms with Gasteiger partial charge in [0.15, 0.2) is 0 Å². The smallest absolute Gasteiger partial charge is 0.251 e.